The van der Waals surface area contributed by atoms with Gasteiger partial charge in [-0.15, -0.1) is 0 Å². The number of benzene rings is 4. The number of hydrogen-bond donors (Lipinski definition) is 0. The van der Waals surface area contributed by atoms with Gasteiger partial charge in [0.05, 0.1) is 0 Å². The van der Waals surface area contributed by atoms with Crippen molar-refractivity contribution in [2.45, 2.75) is 0 Å². The van der Waals surface area contributed by atoms with Crippen molar-refractivity contribution in [1.82, 2.24) is 0 Å². The fourth-order valence-corrected chi connectivity index (χ4v) is 29.8. The topological polar surface area (TPSA) is 0 Å². The minimum atomic E-state index is -4.45. The zero-order valence-electron chi connectivity index (χ0n) is 17.5. The average Bonchev–Trinajstić information content (AvgIpc) is 3.39. The molecule has 0 saturated heterocycles. The van der Waals surface area contributed by atoms with Crippen LogP contribution in [0.2, 0.25) is 0 Å². The summed E-state index contributed by atoms with van der Waals surface area (Å²) in [5.41, 5.74) is 0. The van der Waals surface area contributed by atoms with Gasteiger partial charge in [0.2, 0.25) is 0 Å². The van der Waals surface area contributed by atoms with E-state index < -0.39 is 18.8 Å². The second-order valence-corrected chi connectivity index (χ2v) is 23.3. The van der Waals surface area contributed by atoms with E-state index in [-0.39, 0.29) is 24.8 Å². The maximum atomic E-state index is 2.42. The molecule has 5 rings (SSSR count). The number of halogens is 2. The third-order valence-corrected chi connectivity index (χ3v) is 29.1. The predicted molar refractivity (Wildman–Crippen MR) is 130 cm³/mol. The van der Waals surface area contributed by atoms with Crippen LogP contribution in [0.1, 0.15) is 0 Å². The van der Waals surface area contributed by atoms with Gasteiger partial charge in [-0.3, -0.25) is 0 Å². The van der Waals surface area contributed by atoms with Gasteiger partial charge in [0, 0.05) is 0 Å². The molecule has 0 amide bonds. The van der Waals surface area contributed by atoms with Crippen molar-refractivity contribution in [3.63, 3.8) is 0 Å². The monoisotopic (exact) mass is 551 g/mol. The van der Waals surface area contributed by atoms with Crippen molar-refractivity contribution >= 4 is 24.3 Å². The summed E-state index contributed by atoms with van der Waals surface area (Å²) in [4.78, 5) is 0. The minimum absolute atomic E-state index is 0. The van der Waals surface area contributed by atoms with Gasteiger partial charge in [0.25, 0.3) is 0 Å². The van der Waals surface area contributed by atoms with Crippen molar-refractivity contribution in [2.24, 2.45) is 0 Å². The zero-order chi connectivity index (χ0) is 20.3. The van der Waals surface area contributed by atoms with E-state index in [1.54, 1.807) is 3.00 Å². The summed E-state index contributed by atoms with van der Waals surface area (Å²) in [7, 11) is 0.698. The molecular formula is C28H24Cl2PZr. The van der Waals surface area contributed by atoms with Crippen molar-refractivity contribution in [2.75, 3.05) is 0 Å². The summed E-state index contributed by atoms with van der Waals surface area (Å²) in [6.07, 6.45) is 0. The molecule has 5 aromatic rings. The van der Waals surface area contributed by atoms with E-state index in [2.05, 4.69) is 139 Å². The van der Waals surface area contributed by atoms with Crippen LogP contribution in [0.25, 0.3) is 0 Å². The molecule has 0 nitrogen and oxygen atoms in total. The quantitative estimate of drug-likeness (QED) is 0.245. The summed E-state index contributed by atoms with van der Waals surface area (Å²) in [6, 6.07) is 49.9. The van der Waals surface area contributed by atoms with Crippen molar-refractivity contribution in [3.8, 4) is 0 Å². The summed E-state index contributed by atoms with van der Waals surface area (Å²) in [6.45, 7) is 0. The molecule has 0 bridgehead atoms. The van der Waals surface area contributed by atoms with E-state index >= 15 is 0 Å². The molecule has 159 valence electrons. The first kappa shape index (κ1) is 24.8. The Kier molecular flexibility index (Phi) is 8.03. The predicted octanol–water partition coefficient (Wildman–Crippen LogP) is -1.66. The molecule has 32 heavy (non-hydrogen) atoms. The first-order chi connectivity index (χ1) is 14.9. The molecular weight excluding hydrogens is 529 g/mol. The molecule has 4 aromatic carbocycles. The van der Waals surface area contributed by atoms with Gasteiger partial charge in [-0.25, -0.2) is 0 Å². The normalized spacial score (nSPS) is 11.4. The molecule has 0 aliphatic rings. The second-order valence-electron chi connectivity index (χ2n) is 7.80. The van der Waals surface area contributed by atoms with Gasteiger partial charge < -0.3 is 24.8 Å². The van der Waals surface area contributed by atoms with Crippen LogP contribution in [0.5, 0.6) is 0 Å². The number of hydrogen-bond acceptors (Lipinski definition) is 0. The van der Waals surface area contributed by atoms with Crippen molar-refractivity contribution < 1.29 is 43.6 Å². The van der Waals surface area contributed by atoms with E-state index in [1.807, 2.05) is 0 Å². The van der Waals surface area contributed by atoms with Crippen molar-refractivity contribution in [1.29, 1.82) is 0 Å². The van der Waals surface area contributed by atoms with E-state index in [4.69, 9.17) is 0 Å². The summed E-state index contributed by atoms with van der Waals surface area (Å²) in [5, 5.41) is 0. The zero-order valence-corrected chi connectivity index (χ0v) is 22.5. The van der Waals surface area contributed by atoms with E-state index in [0.29, 0.717) is 8.19 Å². The van der Waals surface area contributed by atoms with Gasteiger partial charge in [0.1, 0.15) is 0 Å². The van der Waals surface area contributed by atoms with Gasteiger partial charge in [-0.2, -0.15) is 0 Å². The van der Waals surface area contributed by atoms with Crippen LogP contribution in [-0.2, 0) is 18.8 Å². The van der Waals surface area contributed by atoms with Gasteiger partial charge >= 0.3 is 182 Å². The molecule has 1 aromatic heterocycles. The Balaban J connectivity index is 0.00000144. The van der Waals surface area contributed by atoms with Gasteiger partial charge in [0.15, 0.2) is 0 Å². The van der Waals surface area contributed by atoms with Gasteiger partial charge in [-0.05, 0) is 0 Å². The van der Waals surface area contributed by atoms with E-state index in [1.165, 1.54) is 13.1 Å². The van der Waals surface area contributed by atoms with Crippen LogP contribution in [-0.4, -0.2) is 0 Å². The van der Waals surface area contributed by atoms with Gasteiger partial charge in [-0.1, -0.05) is 0 Å². The van der Waals surface area contributed by atoms with Crippen LogP contribution in [0.15, 0.2) is 139 Å². The second kappa shape index (κ2) is 10.4. The summed E-state index contributed by atoms with van der Waals surface area (Å²) < 4.78 is 7.51. The molecule has 0 fully saturated rings. The molecule has 1 heterocycles. The molecule has 0 aliphatic carbocycles. The molecule has 0 spiro atoms. The Morgan fingerprint density at radius 3 is 0.938 bits per heavy atom. The van der Waals surface area contributed by atoms with Crippen molar-refractivity contribution in [3.05, 3.63) is 139 Å². The maximum absolute atomic E-state index is 4.45. The summed E-state index contributed by atoms with van der Waals surface area (Å²) >= 11 is -4.45. The molecule has 4 heteroatoms. The fourth-order valence-electron chi connectivity index (χ4n) is 5.35. The van der Waals surface area contributed by atoms with Crippen LogP contribution < -0.4 is 40.9 Å². The standard InChI is InChI=1S/4C6H5.C4H4P.2ClH.Zr/c4*1-2-4-6-5-3-1;1-2-4-5-3-1;;;/h4*1-5H;1-3,5H;2*1H;/q;;;;;;;+2/p-2. The Morgan fingerprint density at radius 2 is 0.688 bits per heavy atom. The third kappa shape index (κ3) is 3.48. The van der Waals surface area contributed by atoms with E-state index in [9.17, 15) is 0 Å². The first-order valence-electron chi connectivity index (χ1n) is 10.4. The van der Waals surface area contributed by atoms with Crippen LogP contribution in [0.4, 0.5) is 0 Å². The Labute approximate surface area is 205 Å². The van der Waals surface area contributed by atoms with Crippen LogP contribution in [0.3, 0.4) is 0 Å². The van der Waals surface area contributed by atoms with Crippen LogP contribution >= 0.6 is 8.19 Å². The Morgan fingerprint density at radius 1 is 0.375 bits per heavy atom. The number of rotatable bonds is 5. The van der Waals surface area contributed by atoms with E-state index in [0.717, 1.165) is 0 Å². The third-order valence-electron chi connectivity index (χ3n) is 6.54. The molecule has 1 unspecified atom stereocenters. The molecule has 0 radical (unpaired) electrons. The Hall–Kier alpha value is -1.88. The molecule has 1 atom stereocenters. The molecule has 0 aliphatic heterocycles. The Bertz CT molecular complexity index is 1060. The molecule has 0 saturated carbocycles. The fraction of sp³-hybridized carbons (Fsp3) is 0. The average molecular weight is 554 g/mol. The summed E-state index contributed by atoms with van der Waals surface area (Å²) in [5.74, 6) is 2.35. The first-order valence-corrected chi connectivity index (χ1v) is 17.6. The molecule has 0 N–H and O–H groups in total. The van der Waals surface area contributed by atoms with Crippen LogP contribution in [0, 0.1) is 0 Å². The SMILES string of the molecule is [Cl-].[Cl-].c1cc[c]([Zr+2]([c]2ccccc2)([c]2ccccc2)([c]2ccccc2)[c]2ccc[pH]2)cc1.